The summed E-state index contributed by atoms with van der Waals surface area (Å²) in [6.45, 7) is 8.04. The number of alkyl halides is 3. The van der Waals surface area contributed by atoms with Crippen LogP contribution in [0.2, 0.25) is 0 Å². The molecule has 2 bridgehead atoms. The standard InChI is InChI=1S/C43H54F3NO5/c1-4-22-47(26-36(49)28-52-27-31-11-6-5-7-12-31)29-42(51)21-19-39-37-18-16-32(23-35(48)17-15-30(2)10-9-20-41(39,42)3)24-38(37)40(50)33-13-8-14-34(25-33)43(44,45)46/h5-8,10-14,16,18,24-25,35-36,39,48-49,51H,4,9,15,17,19-23,26-29H2,1-3H3. The average Bonchev–Trinajstić information content (AvgIpc) is 3.35. The van der Waals surface area contributed by atoms with Crippen LogP contribution in [0.1, 0.15) is 110 Å². The van der Waals surface area contributed by atoms with Crippen LogP contribution < -0.4 is 0 Å². The Balaban J connectivity index is 1.48. The predicted octanol–water partition coefficient (Wildman–Crippen LogP) is 8.26. The zero-order chi connectivity index (χ0) is 37.5. The van der Waals surface area contributed by atoms with E-state index < -0.39 is 40.7 Å². The van der Waals surface area contributed by atoms with Gasteiger partial charge in [-0.3, -0.25) is 9.69 Å². The van der Waals surface area contributed by atoms with Crippen molar-refractivity contribution in [3.05, 3.63) is 118 Å². The Kier molecular flexibility index (Phi) is 13.2. The Morgan fingerprint density at radius 2 is 1.81 bits per heavy atom. The molecule has 3 N–H and O–H groups in total. The van der Waals surface area contributed by atoms with Crippen molar-refractivity contribution in [1.82, 2.24) is 4.90 Å². The predicted molar refractivity (Wildman–Crippen MR) is 197 cm³/mol. The van der Waals surface area contributed by atoms with Gasteiger partial charge in [-0.2, -0.15) is 13.2 Å². The number of halogens is 3. The fourth-order valence-corrected chi connectivity index (χ4v) is 8.35. The maximum Gasteiger partial charge on any atom is 0.416 e. The highest BCUT2D eigenvalue weighted by molar-refractivity contribution is 6.10. The smallest absolute Gasteiger partial charge is 0.393 e. The molecule has 9 heteroatoms. The van der Waals surface area contributed by atoms with E-state index in [1.54, 1.807) is 6.07 Å². The average molecular weight is 722 g/mol. The summed E-state index contributed by atoms with van der Waals surface area (Å²) >= 11 is 0. The molecule has 1 fully saturated rings. The molecule has 52 heavy (non-hydrogen) atoms. The van der Waals surface area contributed by atoms with Crippen LogP contribution in [0.4, 0.5) is 13.2 Å². The topological polar surface area (TPSA) is 90.2 Å². The summed E-state index contributed by atoms with van der Waals surface area (Å²) in [6.07, 6.45) is 0.846. The van der Waals surface area contributed by atoms with Crippen LogP contribution in [0.3, 0.4) is 0 Å². The van der Waals surface area contributed by atoms with Crippen LogP contribution in [0.5, 0.6) is 0 Å². The number of ether oxygens (including phenoxy) is 1. The van der Waals surface area contributed by atoms with Crippen LogP contribution in [-0.2, 0) is 23.9 Å². The summed E-state index contributed by atoms with van der Waals surface area (Å²) in [5.74, 6) is -0.787. The van der Waals surface area contributed by atoms with Crippen LogP contribution in [0.15, 0.2) is 84.4 Å². The fourth-order valence-electron chi connectivity index (χ4n) is 8.35. The Labute approximate surface area is 306 Å². The third kappa shape index (κ3) is 9.60. The van der Waals surface area contributed by atoms with Crippen molar-refractivity contribution < 1.29 is 38.0 Å². The molecule has 0 radical (unpaired) electrons. The van der Waals surface area contributed by atoms with Gasteiger partial charge in [0.1, 0.15) is 0 Å². The minimum absolute atomic E-state index is 0.0546. The van der Waals surface area contributed by atoms with Crippen molar-refractivity contribution in [2.75, 3.05) is 26.2 Å². The number of allylic oxidation sites excluding steroid dienone is 2. The fraction of sp³-hybridized carbons (Fsp3) is 0.512. The lowest BCUT2D eigenvalue weighted by atomic mass is 9.64. The number of hydrogen-bond acceptors (Lipinski definition) is 6. The molecule has 5 unspecified atom stereocenters. The third-order valence-corrected chi connectivity index (χ3v) is 11.3. The van der Waals surface area contributed by atoms with Gasteiger partial charge in [0, 0.05) is 29.6 Å². The van der Waals surface area contributed by atoms with Gasteiger partial charge in [0.15, 0.2) is 5.78 Å². The first kappa shape index (κ1) is 39.9. The van der Waals surface area contributed by atoms with Crippen LogP contribution in [0, 0.1) is 5.41 Å². The molecule has 3 aromatic carbocycles. The number of carbonyl (C=O) groups excluding carboxylic acids is 1. The number of fused-ring (bicyclic) bond motifs is 8. The van der Waals surface area contributed by atoms with Gasteiger partial charge in [0.25, 0.3) is 0 Å². The molecule has 0 aromatic heterocycles. The lowest BCUT2D eigenvalue weighted by Gasteiger charge is -2.46. The third-order valence-electron chi connectivity index (χ3n) is 11.3. The summed E-state index contributed by atoms with van der Waals surface area (Å²) in [5.41, 5.74) is 1.07. The van der Waals surface area contributed by atoms with E-state index in [-0.39, 0.29) is 18.1 Å². The molecule has 1 saturated carbocycles. The van der Waals surface area contributed by atoms with Crippen molar-refractivity contribution in [1.29, 1.82) is 0 Å². The highest BCUT2D eigenvalue weighted by atomic mass is 19.4. The van der Waals surface area contributed by atoms with Crippen LogP contribution in [0.25, 0.3) is 0 Å². The highest BCUT2D eigenvalue weighted by Gasteiger charge is 2.57. The largest absolute Gasteiger partial charge is 0.416 e. The molecule has 0 spiro atoms. The minimum Gasteiger partial charge on any atom is -0.393 e. The Hall–Kier alpha value is -3.34. The SMILES string of the molecule is CCCN(CC(O)COCc1ccccc1)CC1(O)CCC2c3ccc(cc3C(=O)c3cccc(C(F)(F)F)c3)CC(O)CCC(C)=CCCC21C. The van der Waals surface area contributed by atoms with Gasteiger partial charge < -0.3 is 20.1 Å². The van der Waals surface area contributed by atoms with E-state index in [1.807, 2.05) is 42.5 Å². The second kappa shape index (κ2) is 17.2. The monoisotopic (exact) mass is 721 g/mol. The summed E-state index contributed by atoms with van der Waals surface area (Å²) in [4.78, 5) is 16.4. The van der Waals surface area contributed by atoms with E-state index >= 15 is 0 Å². The van der Waals surface area contributed by atoms with Gasteiger partial charge >= 0.3 is 6.18 Å². The maximum absolute atomic E-state index is 14.3. The van der Waals surface area contributed by atoms with Crippen molar-refractivity contribution in [2.45, 2.75) is 109 Å². The van der Waals surface area contributed by atoms with E-state index in [9.17, 15) is 33.3 Å². The number of aliphatic hydroxyl groups excluding tert-OH is 2. The molecule has 3 aliphatic rings. The van der Waals surface area contributed by atoms with E-state index in [1.165, 1.54) is 17.7 Å². The first-order chi connectivity index (χ1) is 24.7. The normalized spacial score (nSPS) is 24.7. The number of carbonyl (C=O) groups is 1. The van der Waals surface area contributed by atoms with Crippen molar-refractivity contribution in [3.8, 4) is 0 Å². The van der Waals surface area contributed by atoms with Crippen molar-refractivity contribution in [2.24, 2.45) is 5.41 Å². The van der Waals surface area contributed by atoms with Crippen molar-refractivity contribution in [3.63, 3.8) is 0 Å². The van der Waals surface area contributed by atoms with E-state index in [0.29, 0.717) is 82.3 Å². The molecule has 5 atom stereocenters. The first-order valence-corrected chi connectivity index (χ1v) is 18.7. The van der Waals surface area contributed by atoms with E-state index in [0.717, 1.165) is 29.7 Å². The number of aliphatic hydroxyl groups is 3. The molecule has 0 heterocycles. The first-order valence-electron chi connectivity index (χ1n) is 18.7. The highest BCUT2D eigenvalue weighted by Crippen LogP contribution is 2.59. The van der Waals surface area contributed by atoms with Gasteiger partial charge in [-0.05, 0) is 106 Å². The van der Waals surface area contributed by atoms with Crippen LogP contribution in [-0.4, -0.2) is 70.1 Å². The van der Waals surface area contributed by atoms with Crippen molar-refractivity contribution >= 4 is 5.78 Å². The second-order valence-electron chi connectivity index (χ2n) is 15.2. The Morgan fingerprint density at radius 1 is 1.04 bits per heavy atom. The second-order valence-corrected chi connectivity index (χ2v) is 15.2. The number of nitrogens with zero attached hydrogens (tertiary/aromatic N) is 1. The summed E-state index contributed by atoms with van der Waals surface area (Å²) < 4.78 is 47.0. The lowest BCUT2D eigenvalue weighted by molar-refractivity contribution is -0.137. The zero-order valence-corrected chi connectivity index (χ0v) is 30.7. The molecule has 3 aromatic rings. The van der Waals surface area contributed by atoms with Gasteiger partial charge in [-0.25, -0.2) is 0 Å². The van der Waals surface area contributed by atoms with Gasteiger partial charge in [-0.1, -0.05) is 80.1 Å². The summed E-state index contributed by atoms with van der Waals surface area (Å²) in [7, 11) is 0. The molecule has 282 valence electrons. The summed E-state index contributed by atoms with van der Waals surface area (Å²) in [6, 6.07) is 19.8. The number of ketones is 1. The molecule has 6 rings (SSSR count). The Bertz CT molecular complexity index is 1680. The zero-order valence-electron chi connectivity index (χ0n) is 30.7. The molecule has 0 saturated heterocycles. The molecule has 0 amide bonds. The number of hydrogen-bond donors (Lipinski definition) is 3. The summed E-state index contributed by atoms with van der Waals surface area (Å²) in [5, 5.41) is 34.7. The molecule has 3 aliphatic carbocycles. The molecule has 6 nitrogen and oxygen atoms in total. The van der Waals surface area contributed by atoms with Crippen LogP contribution >= 0.6 is 0 Å². The quantitative estimate of drug-likeness (QED) is 0.129. The minimum atomic E-state index is -4.60. The maximum atomic E-state index is 14.3. The van der Waals surface area contributed by atoms with Gasteiger partial charge in [0.05, 0.1) is 36.6 Å². The lowest BCUT2D eigenvalue weighted by Crippen LogP contribution is -2.54. The van der Waals surface area contributed by atoms with Gasteiger partial charge in [-0.15, -0.1) is 0 Å². The molecular weight excluding hydrogens is 667 g/mol. The molecule has 0 aliphatic heterocycles. The number of benzene rings is 3. The van der Waals surface area contributed by atoms with E-state index in [2.05, 4.69) is 31.7 Å². The molecular formula is C43H54F3NO5. The number of rotatable bonds is 12. The Morgan fingerprint density at radius 3 is 2.54 bits per heavy atom. The van der Waals surface area contributed by atoms with Gasteiger partial charge in [0.2, 0.25) is 0 Å². The van der Waals surface area contributed by atoms with E-state index in [4.69, 9.17) is 4.74 Å².